The maximum Gasteiger partial charge on any atom is 0.212 e. The minimum atomic E-state index is -3.18. The number of sulfonamides is 1. The molecule has 1 aromatic rings. The van der Waals surface area contributed by atoms with E-state index in [1.807, 2.05) is 12.1 Å². The highest BCUT2D eigenvalue weighted by molar-refractivity contribution is 7.89. The van der Waals surface area contributed by atoms with Crippen molar-refractivity contribution in [3.63, 3.8) is 0 Å². The monoisotopic (exact) mass is 267 g/mol. The van der Waals surface area contributed by atoms with Crippen LogP contribution in [-0.2, 0) is 16.6 Å². The average molecular weight is 267 g/mol. The van der Waals surface area contributed by atoms with E-state index in [4.69, 9.17) is 5.26 Å². The van der Waals surface area contributed by atoms with Crippen LogP contribution in [0.15, 0.2) is 24.3 Å². The number of rotatable bonds is 7. The van der Waals surface area contributed by atoms with Crippen LogP contribution in [0.25, 0.3) is 0 Å². The highest BCUT2D eigenvalue weighted by Crippen LogP contribution is 2.06. The van der Waals surface area contributed by atoms with Crippen LogP contribution in [0, 0.1) is 11.3 Å². The van der Waals surface area contributed by atoms with E-state index in [0.29, 0.717) is 25.2 Å². The van der Waals surface area contributed by atoms with Crippen LogP contribution >= 0.6 is 0 Å². The molecule has 0 spiro atoms. The predicted molar refractivity (Wildman–Crippen MR) is 70.3 cm³/mol. The molecule has 1 aromatic carbocycles. The van der Waals surface area contributed by atoms with Crippen molar-refractivity contribution in [2.75, 3.05) is 18.8 Å². The zero-order chi connectivity index (χ0) is 13.4. The second kappa shape index (κ2) is 7.11. The standard InChI is InChI=1S/C12H17N3O2S/c1-2-15-18(16,17)8-7-14-10-12-6-4-3-5-11(12)9-13/h3-6,14-15H,2,7-8,10H2,1H3. The lowest BCUT2D eigenvalue weighted by Gasteiger charge is -2.07. The maximum atomic E-state index is 11.4. The molecule has 0 heterocycles. The van der Waals surface area contributed by atoms with E-state index in [0.717, 1.165) is 5.56 Å². The van der Waals surface area contributed by atoms with Crippen molar-refractivity contribution in [2.24, 2.45) is 0 Å². The molecule has 0 saturated heterocycles. The molecule has 18 heavy (non-hydrogen) atoms. The van der Waals surface area contributed by atoms with E-state index in [-0.39, 0.29) is 5.75 Å². The lowest BCUT2D eigenvalue weighted by molar-refractivity contribution is 0.578. The summed E-state index contributed by atoms with van der Waals surface area (Å²) < 4.78 is 25.1. The molecule has 1 rings (SSSR count). The molecule has 0 unspecified atom stereocenters. The summed E-state index contributed by atoms with van der Waals surface area (Å²) in [6.45, 7) is 2.99. The third kappa shape index (κ3) is 4.84. The summed E-state index contributed by atoms with van der Waals surface area (Å²) in [5.41, 5.74) is 1.49. The first kappa shape index (κ1) is 14.6. The molecule has 0 aliphatic carbocycles. The van der Waals surface area contributed by atoms with Gasteiger partial charge in [-0.05, 0) is 11.6 Å². The van der Waals surface area contributed by atoms with Crippen molar-refractivity contribution < 1.29 is 8.42 Å². The van der Waals surface area contributed by atoms with Crippen molar-refractivity contribution in [2.45, 2.75) is 13.5 Å². The number of nitrogens with one attached hydrogen (secondary N) is 2. The molecule has 6 heteroatoms. The SMILES string of the molecule is CCNS(=O)(=O)CCNCc1ccccc1C#N. The van der Waals surface area contributed by atoms with Gasteiger partial charge in [-0.25, -0.2) is 13.1 Å². The van der Waals surface area contributed by atoms with E-state index in [2.05, 4.69) is 16.1 Å². The molecule has 0 saturated carbocycles. The molecule has 0 aromatic heterocycles. The average Bonchev–Trinajstić information content (AvgIpc) is 2.35. The minimum absolute atomic E-state index is 0.0373. The van der Waals surface area contributed by atoms with E-state index in [1.54, 1.807) is 19.1 Å². The number of nitrogens with zero attached hydrogens (tertiary/aromatic N) is 1. The Morgan fingerprint density at radius 2 is 2.06 bits per heavy atom. The third-order valence-electron chi connectivity index (χ3n) is 2.37. The van der Waals surface area contributed by atoms with Gasteiger partial charge in [0.05, 0.1) is 17.4 Å². The second-order valence-corrected chi connectivity index (χ2v) is 5.69. The fraction of sp³-hybridized carbons (Fsp3) is 0.417. The highest BCUT2D eigenvalue weighted by atomic mass is 32.2. The lowest BCUT2D eigenvalue weighted by Crippen LogP contribution is -2.31. The van der Waals surface area contributed by atoms with Crippen LogP contribution in [0.2, 0.25) is 0 Å². The predicted octanol–water partition coefficient (Wildman–Crippen LogP) is 0.587. The lowest BCUT2D eigenvalue weighted by atomic mass is 10.1. The molecule has 0 aliphatic heterocycles. The van der Waals surface area contributed by atoms with Gasteiger partial charge in [0.2, 0.25) is 10.0 Å². The largest absolute Gasteiger partial charge is 0.312 e. The highest BCUT2D eigenvalue weighted by Gasteiger charge is 2.07. The van der Waals surface area contributed by atoms with Crippen LogP contribution in [-0.4, -0.2) is 27.3 Å². The Kier molecular flexibility index (Phi) is 5.78. The van der Waals surface area contributed by atoms with E-state index < -0.39 is 10.0 Å². The Labute approximate surface area is 108 Å². The van der Waals surface area contributed by atoms with Crippen molar-refractivity contribution >= 4 is 10.0 Å². The number of hydrogen-bond acceptors (Lipinski definition) is 4. The fourth-order valence-corrected chi connectivity index (χ4v) is 2.50. The molecular formula is C12H17N3O2S. The Balaban J connectivity index is 2.41. The molecule has 0 aliphatic rings. The van der Waals surface area contributed by atoms with Gasteiger partial charge in [-0.3, -0.25) is 0 Å². The quantitative estimate of drug-likeness (QED) is 0.708. The van der Waals surface area contributed by atoms with Gasteiger partial charge < -0.3 is 5.32 Å². The van der Waals surface area contributed by atoms with E-state index in [1.165, 1.54) is 0 Å². The van der Waals surface area contributed by atoms with Crippen LogP contribution in [0.1, 0.15) is 18.1 Å². The van der Waals surface area contributed by atoms with E-state index >= 15 is 0 Å². The Morgan fingerprint density at radius 3 is 2.72 bits per heavy atom. The zero-order valence-electron chi connectivity index (χ0n) is 10.3. The smallest absolute Gasteiger partial charge is 0.212 e. The number of benzene rings is 1. The summed E-state index contributed by atoms with van der Waals surface area (Å²) in [5.74, 6) is 0.0373. The first-order valence-electron chi connectivity index (χ1n) is 5.75. The van der Waals surface area contributed by atoms with Gasteiger partial charge in [0.1, 0.15) is 0 Å². The van der Waals surface area contributed by atoms with Crippen molar-refractivity contribution in [3.8, 4) is 6.07 Å². The molecule has 5 nitrogen and oxygen atoms in total. The molecule has 0 atom stereocenters. The maximum absolute atomic E-state index is 11.4. The number of nitriles is 1. The first-order chi connectivity index (χ1) is 8.59. The van der Waals surface area contributed by atoms with Crippen LogP contribution in [0.3, 0.4) is 0 Å². The number of hydrogen-bond donors (Lipinski definition) is 2. The summed E-state index contributed by atoms with van der Waals surface area (Å²) in [5, 5.41) is 11.9. The minimum Gasteiger partial charge on any atom is -0.312 e. The summed E-state index contributed by atoms with van der Waals surface area (Å²) in [6.07, 6.45) is 0. The van der Waals surface area contributed by atoms with Crippen LogP contribution in [0.4, 0.5) is 0 Å². The zero-order valence-corrected chi connectivity index (χ0v) is 11.1. The Bertz CT molecular complexity index is 520. The van der Waals surface area contributed by atoms with Gasteiger partial charge in [0.25, 0.3) is 0 Å². The van der Waals surface area contributed by atoms with E-state index in [9.17, 15) is 8.42 Å². The third-order valence-corrected chi connectivity index (χ3v) is 3.84. The van der Waals surface area contributed by atoms with Crippen LogP contribution < -0.4 is 10.0 Å². The topological polar surface area (TPSA) is 82.0 Å². The van der Waals surface area contributed by atoms with Gasteiger partial charge in [-0.1, -0.05) is 25.1 Å². The fourth-order valence-electron chi connectivity index (χ4n) is 1.51. The Morgan fingerprint density at radius 1 is 1.33 bits per heavy atom. The molecular weight excluding hydrogens is 250 g/mol. The molecule has 0 fully saturated rings. The van der Waals surface area contributed by atoms with Gasteiger partial charge in [-0.2, -0.15) is 5.26 Å². The van der Waals surface area contributed by atoms with Crippen molar-refractivity contribution in [1.29, 1.82) is 5.26 Å². The van der Waals surface area contributed by atoms with Gasteiger partial charge in [0, 0.05) is 19.6 Å². The summed E-state index contributed by atoms with van der Waals surface area (Å²) in [4.78, 5) is 0. The molecule has 0 radical (unpaired) electrons. The normalized spacial score (nSPS) is 11.1. The van der Waals surface area contributed by atoms with Gasteiger partial charge >= 0.3 is 0 Å². The molecule has 0 bridgehead atoms. The first-order valence-corrected chi connectivity index (χ1v) is 7.40. The molecule has 98 valence electrons. The van der Waals surface area contributed by atoms with Crippen molar-refractivity contribution in [3.05, 3.63) is 35.4 Å². The van der Waals surface area contributed by atoms with Crippen molar-refractivity contribution in [1.82, 2.24) is 10.0 Å². The second-order valence-electron chi connectivity index (χ2n) is 3.76. The van der Waals surface area contributed by atoms with Gasteiger partial charge in [-0.15, -0.1) is 0 Å². The van der Waals surface area contributed by atoms with Gasteiger partial charge in [0.15, 0.2) is 0 Å². The summed E-state index contributed by atoms with van der Waals surface area (Å²) >= 11 is 0. The van der Waals surface area contributed by atoms with Crippen LogP contribution in [0.5, 0.6) is 0 Å². The molecule has 0 amide bonds. The molecule has 2 N–H and O–H groups in total. The Hall–Kier alpha value is -1.42. The summed E-state index contributed by atoms with van der Waals surface area (Å²) in [6, 6.07) is 9.35. The summed E-state index contributed by atoms with van der Waals surface area (Å²) in [7, 11) is -3.18.